The Balaban J connectivity index is 1.71. The zero-order valence-corrected chi connectivity index (χ0v) is 17.0. The van der Waals surface area contributed by atoms with Crippen molar-refractivity contribution in [3.63, 3.8) is 0 Å². The van der Waals surface area contributed by atoms with Gasteiger partial charge < -0.3 is 9.73 Å². The highest BCUT2D eigenvalue weighted by molar-refractivity contribution is 8.02. The van der Waals surface area contributed by atoms with E-state index in [9.17, 15) is 10.1 Å². The maximum atomic E-state index is 12.3. The van der Waals surface area contributed by atoms with Crippen LogP contribution in [0.25, 0.3) is 10.8 Å². The molecule has 1 aliphatic rings. The molecule has 0 saturated carbocycles. The van der Waals surface area contributed by atoms with Crippen LogP contribution in [0.3, 0.4) is 0 Å². The zero-order chi connectivity index (χ0) is 20.4. The summed E-state index contributed by atoms with van der Waals surface area (Å²) >= 11 is 1.58. The smallest absolute Gasteiger partial charge is 0.158 e. The fourth-order valence-electron chi connectivity index (χ4n) is 3.80. The van der Waals surface area contributed by atoms with Crippen LogP contribution in [0.4, 0.5) is 0 Å². The summed E-state index contributed by atoms with van der Waals surface area (Å²) in [6.07, 6.45) is 1.57. The summed E-state index contributed by atoms with van der Waals surface area (Å²) in [6.45, 7) is 3.40. The van der Waals surface area contributed by atoms with E-state index < -0.39 is 5.92 Å². The number of nitriles is 1. The SMILES string of the molecule is CC(=O)C1=C(C)NC(SCc2cccc3ccccc23)=C(C#N)[C@@H]1c1ccco1. The normalized spacial score (nSPS) is 16.7. The Hall–Kier alpha value is -3.23. The largest absolute Gasteiger partial charge is 0.468 e. The van der Waals surface area contributed by atoms with Gasteiger partial charge in [-0.2, -0.15) is 5.26 Å². The van der Waals surface area contributed by atoms with Crippen molar-refractivity contribution in [1.29, 1.82) is 5.26 Å². The molecule has 2 heterocycles. The molecule has 0 unspecified atom stereocenters. The van der Waals surface area contributed by atoms with Crippen molar-refractivity contribution in [3.05, 3.63) is 94.1 Å². The molecule has 1 aliphatic heterocycles. The predicted octanol–water partition coefficient (Wildman–Crippen LogP) is 5.65. The van der Waals surface area contributed by atoms with Crippen LogP contribution in [0.1, 0.15) is 31.1 Å². The van der Waals surface area contributed by atoms with E-state index in [-0.39, 0.29) is 5.78 Å². The molecule has 144 valence electrons. The Kier molecular flexibility index (Phi) is 5.28. The number of Topliss-reactive ketones (excluding diaryl/α,β-unsaturated/α-hetero) is 1. The van der Waals surface area contributed by atoms with Gasteiger partial charge in [-0.15, -0.1) is 11.8 Å². The number of dihydropyridines is 1. The molecule has 0 bridgehead atoms. The average molecular weight is 401 g/mol. The molecule has 1 atom stereocenters. The number of nitrogens with one attached hydrogen (secondary N) is 1. The molecule has 29 heavy (non-hydrogen) atoms. The highest BCUT2D eigenvalue weighted by Crippen LogP contribution is 2.41. The number of hydrogen-bond donors (Lipinski definition) is 1. The van der Waals surface area contributed by atoms with Crippen LogP contribution in [0, 0.1) is 11.3 Å². The molecule has 1 N–H and O–H groups in total. The molecule has 1 aromatic heterocycles. The Bertz CT molecular complexity index is 1180. The third-order valence-electron chi connectivity index (χ3n) is 5.11. The van der Waals surface area contributed by atoms with Gasteiger partial charge in [-0.3, -0.25) is 4.79 Å². The van der Waals surface area contributed by atoms with Crippen molar-refractivity contribution in [2.75, 3.05) is 0 Å². The summed E-state index contributed by atoms with van der Waals surface area (Å²) in [5, 5.41) is 16.4. The Labute approximate surface area is 173 Å². The number of benzene rings is 2. The third-order valence-corrected chi connectivity index (χ3v) is 6.17. The molecular weight excluding hydrogens is 380 g/mol. The van der Waals surface area contributed by atoms with Crippen molar-refractivity contribution in [1.82, 2.24) is 5.32 Å². The Morgan fingerprint density at radius 1 is 1.17 bits per heavy atom. The van der Waals surface area contributed by atoms with E-state index in [1.165, 1.54) is 23.3 Å². The van der Waals surface area contributed by atoms with E-state index in [1.54, 1.807) is 24.1 Å². The number of fused-ring (bicyclic) bond motifs is 1. The van der Waals surface area contributed by atoms with Crippen LogP contribution in [-0.4, -0.2) is 5.78 Å². The fourth-order valence-corrected chi connectivity index (χ4v) is 4.90. The second kappa shape index (κ2) is 8.02. The minimum Gasteiger partial charge on any atom is -0.468 e. The fraction of sp³-hybridized carbons (Fsp3) is 0.167. The lowest BCUT2D eigenvalue weighted by Gasteiger charge is -2.27. The number of ketones is 1. The monoisotopic (exact) mass is 400 g/mol. The summed E-state index contributed by atoms with van der Waals surface area (Å²) in [4.78, 5) is 12.3. The first-order valence-electron chi connectivity index (χ1n) is 9.36. The van der Waals surface area contributed by atoms with Gasteiger partial charge in [0.15, 0.2) is 5.78 Å². The lowest BCUT2D eigenvalue weighted by atomic mass is 9.84. The minimum atomic E-state index is -0.483. The topological polar surface area (TPSA) is 66.0 Å². The lowest BCUT2D eigenvalue weighted by molar-refractivity contribution is -0.113. The summed E-state index contributed by atoms with van der Waals surface area (Å²) in [7, 11) is 0. The van der Waals surface area contributed by atoms with Gasteiger partial charge in [-0.25, -0.2) is 0 Å². The first-order chi connectivity index (χ1) is 14.1. The van der Waals surface area contributed by atoms with Crippen LogP contribution in [0.15, 0.2) is 87.1 Å². The molecule has 2 aromatic carbocycles. The molecule has 0 spiro atoms. The summed E-state index contributed by atoms with van der Waals surface area (Å²) < 4.78 is 5.59. The number of rotatable bonds is 5. The van der Waals surface area contributed by atoms with Crippen LogP contribution >= 0.6 is 11.8 Å². The third kappa shape index (κ3) is 3.59. The first-order valence-corrected chi connectivity index (χ1v) is 10.3. The van der Waals surface area contributed by atoms with E-state index in [4.69, 9.17) is 4.42 Å². The first kappa shape index (κ1) is 19.1. The minimum absolute atomic E-state index is 0.0674. The quantitative estimate of drug-likeness (QED) is 0.599. The molecule has 0 saturated heterocycles. The zero-order valence-electron chi connectivity index (χ0n) is 16.2. The van der Waals surface area contributed by atoms with Crippen LogP contribution in [-0.2, 0) is 10.5 Å². The van der Waals surface area contributed by atoms with Gasteiger partial charge in [0.25, 0.3) is 0 Å². The lowest BCUT2D eigenvalue weighted by Crippen LogP contribution is -2.26. The van der Waals surface area contributed by atoms with Crippen molar-refractivity contribution in [2.45, 2.75) is 25.5 Å². The molecule has 0 radical (unpaired) electrons. The van der Waals surface area contributed by atoms with Gasteiger partial charge in [0, 0.05) is 17.0 Å². The summed E-state index contributed by atoms with van der Waals surface area (Å²) in [6, 6.07) is 20.5. The molecule has 0 fully saturated rings. The molecule has 0 aliphatic carbocycles. The van der Waals surface area contributed by atoms with E-state index >= 15 is 0 Å². The number of hydrogen-bond acceptors (Lipinski definition) is 5. The second-order valence-electron chi connectivity index (χ2n) is 6.95. The van der Waals surface area contributed by atoms with Crippen molar-refractivity contribution in [2.24, 2.45) is 0 Å². The van der Waals surface area contributed by atoms with Gasteiger partial charge >= 0.3 is 0 Å². The maximum Gasteiger partial charge on any atom is 0.158 e. The number of allylic oxidation sites excluding steroid dienone is 3. The molecule has 3 aromatic rings. The van der Waals surface area contributed by atoms with Crippen LogP contribution in [0.2, 0.25) is 0 Å². The van der Waals surface area contributed by atoms with Crippen LogP contribution < -0.4 is 5.32 Å². The van der Waals surface area contributed by atoms with E-state index in [0.717, 1.165) is 10.7 Å². The van der Waals surface area contributed by atoms with Gasteiger partial charge in [-0.1, -0.05) is 42.5 Å². The Morgan fingerprint density at radius 3 is 2.69 bits per heavy atom. The van der Waals surface area contributed by atoms with E-state index in [0.29, 0.717) is 22.7 Å². The summed E-state index contributed by atoms with van der Waals surface area (Å²) in [5.74, 6) is 0.768. The number of carbonyl (C=O) groups is 1. The van der Waals surface area contributed by atoms with Crippen LogP contribution in [0.5, 0.6) is 0 Å². The standard InChI is InChI=1S/C24H20N2O2S/c1-15-22(16(2)27)23(21-11-6-12-28-21)20(13-25)24(26-15)29-14-18-9-5-8-17-7-3-4-10-19(17)18/h3-12,23,26H,14H2,1-2H3/t23-/m1/s1. The molecule has 4 rings (SSSR count). The molecule has 5 heteroatoms. The van der Waals surface area contributed by atoms with E-state index in [1.807, 2.05) is 25.1 Å². The van der Waals surface area contributed by atoms with E-state index in [2.05, 4.69) is 41.7 Å². The highest BCUT2D eigenvalue weighted by Gasteiger charge is 2.34. The number of nitrogens with zero attached hydrogens (tertiary/aromatic N) is 1. The van der Waals surface area contributed by atoms with Gasteiger partial charge in [0.05, 0.1) is 28.9 Å². The number of thioether (sulfide) groups is 1. The average Bonchev–Trinajstić information content (AvgIpc) is 3.25. The van der Waals surface area contributed by atoms with Gasteiger partial charge in [0.2, 0.25) is 0 Å². The Morgan fingerprint density at radius 2 is 1.97 bits per heavy atom. The van der Waals surface area contributed by atoms with Crippen molar-refractivity contribution in [3.8, 4) is 6.07 Å². The molecule has 4 nitrogen and oxygen atoms in total. The molecular formula is C24H20N2O2S. The second-order valence-corrected chi connectivity index (χ2v) is 7.94. The number of carbonyl (C=O) groups excluding carboxylic acids is 1. The van der Waals surface area contributed by atoms with Crippen molar-refractivity contribution < 1.29 is 9.21 Å². The summed E-state index contributed by atoms with van der Waals surface area (Å²) in [5.41, 5.74) is 3.05. The van der Waals surface area contributed by atoms with Gasteiger partial charge in [-0.05, 0) is 42.3 Å². The van der Waals surface area contributed by atoms with Gasteiger partial charge in [0.1, 0.15) is 5.76 Å². The van der Waals surface area contributed by atoms with Crippen molar-refractivity contribution >= 4 is 28.3 Å². The predicted molar refractivity (Wildman–Crippen MR) is 116 cm³/mol. The molecule has 0 amide bonds. The maximum absolute atomic E-state index is 12.3. The number of furan rings is 1. The highest BCUT2D eigenvalue weighted by atomic mass is 32.2.